The van der Waals surface area contributed by atoms with Gasteiger partial charge in [-0.15, -0.1) is 0 Å². The molecule has 0 unspecified atom stereocenters. The highest BCUT2D eigenvalue weighted by atomic mass is 127. The van der Waals surface area contributed by atoms with Gasteiger partial charge in [0.25, 0.3) is 0 Å². The lowest BCUT2D eigenvalue weighted by atomic mass is 10.1. The molecule has 5 nitrogen and oxygen atoms in total. The highest BCUT2D eigenvalue weighted by molar-refractivity contribution is 14.1. The zero-order chi connectivity index (χ0) is 23.3. The second-order valence-corrected chi connectivity index (χ2v) is 9.74. The Bertz CT molecular complexity index is 1440. The van der Waals surface area contributed by atoms with Crippen LogP contribution in [0.5, 0.6) is 11.5 Å². The first-order chi connectivity index (χ1) is 16.7. The number of hydrogen-bond acceptors (Lipinski definition) is 6. The molecule has 0 fully saturated rings. The van der Waals surface area contributed by atoms with Crippen LogP contribution in [0.2, 0.25) is 0 Å². The van der Waals surface area contributed by atoms with Crippen molar-refractivity contribution in [3.05, 3.63) is 93.6 Å². The van der Waals surface area contributed by atoms with Gasteiger partial charge in [0.05, 0.1) is 26.6 Å². The van der Waals surface area contributed by atoms with Gasteiger partial charge in [-0.05, 0) is 75.7 Å². The van der Waals surface area contributed by atoms with Crippen molar-refractivity contribution in [3.8, 4) is 11.5 Å². The molecule has 0 radical (unpaired) electrons. The molecule has 34 heavy (non-hydrogen) atoms. The van der Waals surface area contributed by atoms with E-state index >= 15 is 0 Å². The fraction of sp³-hybridized carbons (Fsp3) is 0.111. The van der Waals surface area contributed by atoms with Gasteiger partial charge in [0.15, 0.2) is 11.5 Å². The maximum absolute atomic E-state index is 6.28. The van der Waals surface area contributed by atoms with E-state index in [4.69, 9.17) is 9.47 Å². The topological polar surface area (TPSA) is 55.7 Å². The molecule has 4 aromatic carbocycles. The number of benzene rings is 4. The van der Waals surface area contributed by atoms with E-state index in [-0.39, 0.29) is 0 Å². The monoisotopic (exact) mass is 579 g/mol. The van der Waals surface area contributed by atoms with Gasteiger partial charge in [-0.2, -0.15) is 5.10 Å². The van der Waals surface area contributed by atoms with E-state index in [1.54, 1.807) is 17.6 Å². The molecule has 0 spiro atoms. The van der Waals surface area contributed by atoms with Crippen molar-refractivity contribution in [1.82, 2.24) is 4.98 Å². The number of hydrazone groups is 1. The Morgan fingerprint density at radius 3 is 2.71 bits per heavy atom. The van der Waals surface area contributed by atoms with Crippen LogP contribution in [0.3, 0.4) is 0 Å². The van der Waals surface area contributed by atoms with Gasteiger partial charge in [-0.3, -0.25) is 5.43 Å². The number of anilines is 1. The minimum absolute atomic E-state index is 0.462. The van der Waals surface area contributed by atoms with Crippen molar-refractivity contribution in [2.24, 2.45) is 5.10 Å². The number of nitrogens with zero attached hydrogens (tertiary/aromatic N) is 2. The van der Waals surface area contributed by atoms with Crippen LogP contribution in [-0.2, 0) is 6.61 Å². The summed E-state index contributed by atoms with van der Waals surface area (Å²) in [6.45, 7) is 2.98. The Kier molecular flexibility index (Phi) is 6.92. The SMILES string of the molecule is CCOc1cc(/C=N/Nc2nc3ccccc3s2)cc(I)c1OCc1cccc2ccccc12. The van der Waals surface area contributed by atoms with E-state index in [0.29, 0.717) is 19.0 Å². The predicted molar refractivity (Wildman–Crippen MR) is 149 cm³/mol. The van der Waals surface area contributed by atoms with Gasteiger partial charge in [0, 0.05) is 0 Å². The number of hydrogen-bond donors (Lipinski definition) is 1. The molecule has 170 valence electrons. The van der Waals surface area contributed by atoms with Gasteiger partial charge in [-0.25, -0.2) is 4.98 Å². The standard InChI is InChI=1S/C27H22IN3O2S/c1-2-32-24-15-18(16-29-31-27-30-23-12-5-6-13-25(23)34-27)14-22(28)26(24)33-17-20-10-7-9-19-8-3-4-11-21(19)20/h3-16H,2,17H2,1H3,(H,30,31)/b29-16+. The lowest BCUT2D eigenvalue weighted by molar-refractivity contribution is 0.268. The number of nitrogens with one attached hydrogen (secondary N) is 1. The lowest BCUT2D eigenvalue weighted by Gasteiger charge is -2.15. The van der Waals surface area contributed by atoms with Crippen molar-refractivity contribution >= 4 is 66.3 Å². The third-order valence-corrected chi connectivity index (χ3v) is 6.99. The summed E-state index contributed by atoms with van der Waals surface area (Å²) in [4.78, 5) is 4.54. The first-order valence-electron chi connectivity index (χ1n) is 10.9. The van der Waals surface area contributed by atoms with E-state index in [1.165, 1.54) is 10.8 Å². The Hall–Kier alpha value is -3.17. The molecule has 5 rings (SSSR count). The van der Waals surface area contributed by atoms with Crippen LogP contribution in [0.1, 0.15) is 18.1 Å². The summed E-state index contributed by atoms with van der Waals surface area (Å²) >= 11 is 3.86. The second kappa shape index (κ2) is 10.4. The fourth-order valence-electron chi connectivity index (χ4n) is 3.72. The van der Waals surface area contributed by atoms with Crippen LogP contribution in [0.4, 0.5) is 5.13 Å². The zero-order valence-corrected chi connectivity index (χ0v) is 21.5. The Balaban J connectivity index is 1.34. The molecule has 1 aromatic heterocycles. The molecule has 0 aliphatic carbocycles. The number of fused-ring (bicyclic) bond motifs is 2. The molecule has 0 bridgehead atoms. The van der Waals surface area contributed by atoms with Crippen molar-refractivity contribution in [1.29, 1.82) is 0 Å². The second-order valence-electron chi connectivity index (χ2n) is 7.55. The summed E-state index contributed by atoms with van der Waals surface area (Å²) < 4.78 is 14.3. The molecule has 0 aliphatic heterocycles. The van der Waals surface area contributed by atoms with Gasteiger partial charge in [0.1, 0.15) is 6.61 Å². The molecule has 0 atom stereocenters. The average Bonchev–Trinajstić information content (AvgIpc) is 3.27. The minimum atomic E-state index is 0.462. The van der Waals surface area contributed by atoms with Gasteiger partial charge >= 0.3 is 0 Å². The average molecular weight is 579 g/mol. The molecule has 7 heteroatoms. The molecule has 0 amide bonds. The first-order valence-corrected chi connectivity index (χ1v) is 12.8. The number of halogens is 1. The van der Waals surface area contributed by atoms with E-state index in [0.717, 1.165) is 35.8 Å². The number of aromatic nitrogens is 1. The molecule has 5 aromatic rings. The van der Waals surface area contributed by atoms with E-state index in [2.05, 4.69) is 86.6 Å². The summed E-state index contributed by atoms with van der Waals surface area (Å²) in [5, 5.41) is 7.54. The molecule has 1 heterocycles. The smallest absolute Gasteiger partial charge is 0.204 e. The van der Waals surface area contributed by atoms with Crippen molar-refractivity contribution < 1.29 is 9.47 Å². The summed E-state index contributed by atoms with van der Waals surface area (Å²) in [7, 11) is 0. The van der Waals surface area contributed by atoms with Crippen LogP contribution in [0.25, 0.3) is 21.0 Å². The Morgan fingerprint density at radius 2 is 1.82 bits per heavy atom. The largest absolute Gasteiger partial charge is 0.490 e. The third-order valence-electron chi connectivity index (χ3n) is 5.25. The highest BCUT2D eigenvalue weighted by Crippen LogP contribution is 2.35. The minimum Gasteiger partial charge on any atom is -0.490 e. The molecule has 0 aliphatic rings. The molecule has 0 saturated heterocycles. The van der Waals surface area contributed by atoms with Gasteiger partial charge in [0.2, 0.25) is 5.13 Å². The zero-order valence-electron chi connectivity index (χ0n) is 18.5. The number of thiazole rings is 1. The Labute approximate surface area is 215 Å². The summed E-state index contributed by atoms with van der Waals surface area (Å²) in [6, 6.07) is 26.6. The van der Waals surface area contributed by atoms with Crippen LogP contribution in [-0.4, -0.2) is 17.8 Å². The van der Waals surface area contributed by atoms with Gasteiger partial charge in [-0.1, -0.05) is 65.9 Å². The van der Waals surface area contributed by atoms with E-state index in [1.807, 2.05) is 37.3 Å². The van der Waals surface area contributed by atoms with Gasteiger partial charge < -0.3 is 9.47 Å². The van der Waals surface area contributed by atoms with Crippen molar-refractivity contribution in [2.45, 2.75) is 13.5 Å². The molecule has 1 N–H and O–H groups in total. The number of para-hydroxylation sites is 1. The first kappa shape index (κ1) is 22.6. The maximum Gasteiger partial charge on any atom is 0.204 e. The molecular weight excluding hydrogens is 557 g/mol. The fourth-order valence-corrected chi connectivity index (χ4v) is 5.31. The van der Waals surface area contributed by atoms with Crippen LogP contribution < -0.4 is 14.9 Å². The highest BCUT2D eigenvalue weighted by Gasteiger charge is 2.13. The van der Waals surface area contributed by atoms with Crippen molar-refractivity contribution in [2.75, 3.05) is 12.0 Å². The quantitative estimate of drug-likeness (QED) is 0.118. The van der Waals surface area contributed by atoms with Crippen LogP contribution in [0, 0.1) is 3.57 Å². The molecule has 0 saturated carbocycles. The van der Waals surface area contributed by atoms with Crippen LogP contribution in [0.15, 0.2) is 84.0 Å². The predicted octanol–water partition coefficient (Wildman–Crippen LogP) is 7.48. The third kappa shape index (κ3) is 5.00. The van der Waals surface area contributed by atoms with E-state index < -0.39 is 0 Å². The lowest BCUT2D eigenvalue weighted by Crippen LogP contribution is -2.03. The number of ether oxygens (including phenoxy) is 2. The summed E-state index contributed by atoms with van der Waals surface area (Å²) in [5.74, 6) is 1.45. The van der Waals surface area contributed by atoms with Crippen molar-refractivity contribution in [3.63, 3.8) is 0 Å². The number of rotatable bonds is 8. The maximum atomic E-state index is 6.28. The van der Waals surface area contributed by atoms with E-state index in [9.17, 15) is 0 Å². The Morgan fingerprint density at radius 1 is 1.00 bits per heavy atom. The normalized spacial score (nSPS) is 11.4. The molecular formula is C27H22IN3O2S. The summed E-state index contributed by atoms with van der Waals surface area (Å²) in [5.41, 5.74) is 6.05. The van der Waals surface area contributed by atoms with Crippen LogP contribution >= 0.6 is 33.9 Å². The summed E-state index contributed by atoms with van der Waals surface area (Å²) in [6.07, 6.45) is 1.77.